The second-order valence-corrected chi connectivity index (χ2v) is 6.85. The number of aromatic nitrogens is 4. The normalized spacial score (nSPS) is 10.9. The van der Waals surface area contributed by atoms with Crippen LogP contribution in [0, 0.1) is 12.7 Å². The minimum atomic E-state index is -0.424. The molecule has 0 saturated carbocycles. The Labute approximate surface area is 172 Å². The number of halogens is 1. The molecule has 8 heteroatoms. The van der Waals surface area contributed by atoms with E-state index >= 15 is 0 Å². The molecule has 2 aromatic heterocycles. The number of methoxy groups -OCH3 is 1. The fourth-order valence-corrected chi connectivity index (χ4v) is 3.20. The first-order valence-electron chi connectivity index (χ1n) is 9.34. The van der Waals surface area contributed by atoms with Crippen LogP contribution in [0.15, 0.2) is 59.4 Å². The number of nitrogens with zero attached hydrogens (tertiary/aromatic N) is 3. The van der Waals surface area contributed by atoms with Gasteiger partial charge in [-0.15, -0.1) is 0 Å². The third-order valence-electron chi connectivity index (χ3n) is 4.89. The van der Waals surface area contributed by atoms with Crippen molar-refractivity contribution in [2.45, 2.75) is 13.5 Å². The first-order valence-corrected chi connectivity index (χ1v) is 9.34. The molecule has 0 aliphatic carbocycles. The Morgan fingerprint density at radius 1 is 1.13 bits per heavy atom. The minimum Gasteiger partial charge on any atom is -0.497 e. The van der Waals surface area contributed by atoms with E-state index in [9.17, 15) is 9.18 Å². The molecular formula is C22H21FN4O3. The van der Waals surface area contributed by atoms with Crippen LogP contribution >= 0.6 is 0 Å². The molecule has 0 saturated heterocycles. The molecule has 0 radical (unpaired) electrons. The number of hydrogen-bond donors (Lipinski definition) is 1. The topological polar surface area (TPSA) is 74.1 Å². The van der Waals surface area contributed by atoms with Crippen LogP contribution in [0.25, 0.3) is 16.9 Å². The number of pyridine rings is 1. The van der Waals surface area contributed by atoms with Gasteiger partial charge in [0.05, 0.1) is 18.5 Å². The molecule has 4 aromatic rings. The Kier molecular flexibility index (Phi) is 5.14. The molecule has 0 fully saturated rings. The van der Waals surface area contributed by atoms with Gasteiger partial charge < -0.3 is 9.47 Å². The highest BCUT2D eigenvalue weighted by Crippen LogP contribution is 2.27. The predicted molar refractivity (Wildman–Crippen MR) is 111 cm³/mol. The predicted octanol–water partition coefficient (Wildman–Crippen LogP) is 3.60. The summed E-state index contributed by atoms with van der Waals surface area (Å²) >= 11 is 0. The van der Waals surface area contributed by atoms with Crippen molar-refractivity contribution in [2.24, 2.45) is 7.05 Å². The Hall–Kier alpha value is -3.81. The van der Waals surface area contributed by atoms with Crippen molar-refractivity contribution in [3.05, 3.63) is 82.0 Å². The molecule has 0 aliphatic heterocycles. The summed E-state index contributed by atoms with van der Waals surface area (Å²) in [5.74, 6) is 0.374. The first-order chi connectivity index (χ1) is 14.5. The molecule has 4 rings (SSSR count). The van der Waals surface area contributed by atoms with Crippen molar-refractivity contribution in [1.29, 1.82) is 0 Å². The Morgan fingerprint density at radius 2 is 1.93 bits per heavy atom. The van der Waals surface area contributed by atoms with Crippen molar-refractivity contribution in [3.8, 4) is 28.6 Å². The van der Waals surface area contributed by atoms with Crippen LogP contribution in [0.1, 0.15) is 11.1 Å². The Bertz CT molecular complexity index is 1260. The van der Waals surface area contributed by atoms with Gasteiger partial charge in [0.1, 0.15) is 18.2 Å². The van der Waals surface area contributed by atoms with Crippen LogP contribution in [0.3, 0.4) is 0 Å². The van der Waals surface area contributed by atoms with Crippen molar-refractivity contribution in [3.63, 3.8) is 0 Å². The lowest BCUT2D eigenvalue weighted by molar-refractivity contribution is 0.292. The first kappa shape index (κ1) is 19.5. The van der Waals surface area contributed by atoms with Gasteiger partial charge in [-0.05, 0) is 36.8 Å². The third-order valence-corrected chi connectivity index (χ3v) is 4.89. The average Bonchev–Trinajstić information content (AvgIpc) is 2.76. The zero-order valence-corrected chi connectivity index (χ0v) is 16.8. The van der Waals surface area contributed by atoms with E-state index in [4.69, 9.17) is 9.47 Å². The van der Waals surface area contributed by atoms with Crippen LogP contribution in [0.4, 0.5) is 4.39 Å². The highest BCUT2D eigenvalue weighted by molar-refractivity contribution is 5.61. The van der Waals surface area contributed by atoms with Gasteiger partial charge in [-0.2, -0.15) is 4.68 Å². The highest BCUT2D eigenvalue weighted by Gasteiger charge is 2.15. The monoisotopic (exact) mass is 408 g/mol. The molecule has 30 heavy (non-hydrogen) atoms. The summed E-state index contributed by atoms with van der Waals surface area (Å²) in [6.07, 6.45) is 0. The van der Waals surface area contributed by atoms with Gasteiger partial charge in [0.2, 0.25) is 5.88 Å². The molecule has 2 aromatic carbocycles. The quantitative estimate of drug-likeness (QED) is 0.529. The Balaban J connectivity index is 1.60. The zero-order chi connectivity index (χ0) is 21.3. The number of benzene rings is 2. The van der Waals surface area contributed by atoms with Crippen LogP contribution in [0.2, 0.25) is 0 Å². The van der Waals surface area contributed by atoms with E-state index in [0.29, 0.717) is 22.9 Å². The average molecular weight is 408 g/mol. The molecule has 7 nitrogen and oxygen atoms in total. The fraction of sp³-hybridized carbons (Fsp3) is 0.182. The summed E-state index contributed by atoms with van der Waals surface area (Å²) in [5, 5.41) is 2.91. The molecule has 0 unspecified atom stereocenters. The molecule has 2 heterocycles. The van der Waals surface area contributed by atoms with Gasteiger partial charge in [0, 0.05) is 30.3 Å². The lowest BCUT2D eigenvalue weighted by atomic mass is 10.1. The van der Waals surface area contributed by atoms with Crippen molar-refractivity contribution in [1.82, 2.24) is 19.6 Å². The second kappa shape index (κ2) is 7.90. The standard InChI is InChI=1S/C22H21FN4O3/c1-14-6-4-8-20(27-22(28)26(2)25-27)17(14)13-30-21-9-5-7-19(24-21)16-11-10-15(29-3)12-18(16)23/h4-12,25H,13H2,1-3H3. The lowest BCUT2D eigenvalue weighted by Crippen LogP contribution is -2.40. The number of aryl methyl sites for hydroxylation is 2. The maximum atomic E-state index is 14.4. The number of nitrogens with one attached hydrogen (secondary N) is 1. The van der Waals surface area contributed by atoms with Crippen molar-refractivity contribution in [2.75, 3.05) is 7.11 Å². The van der Waals surface area contributed by atoms with E-state index in [0.717, 1.165) is 16.8 Å². The summed E-state index contributed by atoms with van der Waals surface area (Å²) < 4.78 is 28.2. The van der Waals surface area contributed by atoms with Gasteiger partial charge >= 0.3 is 5.69 Å². The molecule has 0 amide bonds. The minimum absolute atomic E-state index is 0.156. The van der Waals surface area contributed by atoms with Crippen molar-refractivity contribution < 1.29 is 13.9 Å². The second-order valence-electron chi connectivity index (χ2n) is 6.85. The van der Waals surface area contributed by atoms with Crippen LogP contribution in [-0.4, -0.2) is 26.7 Å². The summed E-state index contributed by atoms with van der Waals surface area (Å²) in [6, 6.07) is 15.5. The third kappa shape index (κ3) is 3.59. The molecule has 154 valence electrons. The van der Waals surface area contributed by atoms with E-state index in [1.165, 1.54) is 22.5 Å². The van der Waals surface area contributed by atoms with Crippen LogP contribution in [-0.2, 0) is 13.7 Å². The zero-order valence-electron chi connectivity index (χ0n) is 16.8. The smallest absolute Gasteiger partial charge is 0.364 e. The largest absolute Gasteiger partial charge is 0.497 e. The number of aromatic amines is 1. The fourth-order valence-electron chi connectivity index (χ4n) is 3.20. The number of rotatable bonds is 6. The van der Waals surface area contributed by atoms with E-state index in [-0.39, 0.29) is 12.3 Å². The van der Waals surface area contributed by atoms with Gasteiger partial charge in [0.25, 0.3) is 0 Å². The number of H-pyrrole nitrogens is 1. The lowest BCUT2D eigenvalue weighted by Gasteiger charge is -2.18. The molecule has 1 N–H and O–H groups in total. The van der Waals surface area contributed by atoms with Gasteiger partial charge in [0.15, 0.2) is 0 Å². The summed E-state index contributed by atoms with van der Waals surface area (Å²) in [7, 11) is 3.14. The van der Waals surface area contributed by atoms with Crippen LogP contribution < -0.4 is 15.2 Å². The molecule has 0 aliphatic rings. The summed E-state index contributed by atoms with van der Waals surface area (Å²) in [6.45, 7) is 2.16. The SMILES string of the molecule is COc1ccc(-c2cccc(OCc3c(C)cccc3-n3[nH]n(C)c3=O)n2)c(F)c1. The maximum absolute atomic E-state index is 14.4. The molecular weight excluding hydrogens is 387 g/mol. The van der Waals surface area contributed by atoms with Gasteiger partial charge in [-0.1, -0.05) is 18.2 Å². The molecule has 0 atom stereocenters. The van der Waals surface area contributed by atoms with Gasteiger partial charge in [-0.3, -0.25) is 0 Å². The van der Waals surface area contributed by atoms with E-state index in [1.807, 2.05) is 25.1 Å². The van der Waals surface area contributed by atoms with E-state index in [1.54, 1.807) is 37.4 Å². The molecule has 0 spiro atoms. The summed E-state index contributed by atoms with van der Waals surface area (Å²) in [4.78, 5) is 16.5. The van der Waals surface area contributed by atoms with Crippen LogP contribution in [0.5, 0.6) is 11.6 Å². The van der Waals surface area contributed by atoms with E-state index < -0.39 is 5.82 Å². The van der Waals surface area contributed by atoms with Crippen molar-refractivity contribution >= 4 is 0 Å². The summed E-state index contributed by atoms with van der Waals surface area (Å²) in [5.41, 5.74) is 3.21. The van der Waals surface area contributed by atoms with Gasteiger partial charge in [-0.25, -0.2) is 24.1 Å². The maximum Gasteiger partial charge on any atom is 0.364 e. The molecule has 0 bridgehead atoms. The highest BCUT2D eigenvalue weighted by atomic mass is 19.1. The van der Waals surface area contributed by atoms with E-state index in [2.05, 4.69) is 10.2 Å². The number of hydrogen-bond acceptors (Lipinski definition) is 4. The Morgan fingerprint density at radius 3 is 2.63 bits per heavy atom. The number of ether oxygens (including phenoxy) is 2.